The van der Waals surface area contributed by atoms with Crippen LogP contribution in [0.5, 0.6) is 5.88 Å². The minimum Gasteiger partial charge on any atom is -0.481 e. The molecule has 3 rings (SSSR count). The van der Waals surface area contributed by atoms with Crippen LogP contribution in [-0.2, 0) is 13.1 Å². The van der Waals surface area contributed by atoms with Crippen LogP contribution < -0.4 is 9.64 Å². The summed E-state index contributed by atoms with van der Waals surface area (Å²) in [6.07, 6.45) is 1.54. The van der Waals surface area contributed by atoms with Gasteiger partial charge in [-0.1, -0.05) is 24.3 Å². The highest BCUT2D eigenvalue weighted by Gasteiger charge is 2.19. The lowest BCUT2D eigenvalue weighted by Gasteiger charge is -2.16. The molecule has 0 fully saturated rings. The molecule has 86 valence electrons. The molecular weight excluding hydrogens is 214 g/mol. The minimum atomic E-state index is 0.603. The van der Waals surface area contributed by atoms with Crippen LogP contribution in [0.15, 0.2) is 36.7 Å². The minimum absolute atomic E-state index is 0.603. The Balaban J connectivity index is 1.88. The lowest BCUT2D eigenvalue weighted by Crippen LogP contribution is -2.16. The smallest absolute Gasteiger partial charge is 0.218 e. The van der Waals surface area contributed by atoms with Crippen LogP contribution in [0.2, 0.25) is 0 Å². The molecule has 17 heavy (non-hydrogen) atoms. The van der Waals surface area contributed by atoms with Gasteiger partial charge in [0.25, 0.3) is 0 Å². The summed E-state index contributed by atoms with van der Waals surface area (Å²) in [5.74, 6) is 1.51. The van der Waals surface area contributed by atoms with Crippen molar-refractivity contribution in [3.05, 3.63) is 47.8 Å². The number of rotatable bonds is 2. The Morgan fingerprint density at radius 3 is 2.47 bits per heavy atom. The Hall–Kier alpha value is -2.10. The van der Waals surface area contributed by atoms with Gasteiger partial charge in [0.1, 0.15) is 12.1 Å². The molecule has 1 aliphatic rings. The lowest BCUT2D eigenvalue weighted by molar-refractivity contribution is 0.396. The molecule has 2 heterocycles. The Labute approximate surface area is 99.9 Å². The van der Waals surface area contributed by atoms with Crippen molar-refractivity contribution < 1.29 is 4.74 Å². The van der Waals surface area contributed by atoms with Crippen LogP contribution in [-0.4, -0.2) is 17.1 Å². The molecule has 0 amide bonds. The predicted octanol–water partition coefficient (Wildman–Crippen LogP) is 2.01. The molecule has 0 N–H and O–H groups in total. The Morgan fingerprint density at radius 1 is 1.12 bits per heavy atom. The number of anilines is 1. The largest absolute Gasteiger partial charge is 0.481 e. The maximum absolute atomic E-state index is 5.11. The molecular formula is C13H13N3O. The van der Waals surface area contributed by atoms with Crippen molar-refractivity contribution in [3.63, 3.8) is 0 Å². The van der Waals surface area contributed by atoms with Gasteiger partial charge in [0.15, 0.2) is 0 Å². The summed E-state index contributed by atoms with van der Waals surface area (Å²) in [5.41, 5.74) is 2.73. The topological polar surface area (TPSA) is 38.2 Å². The van der Waals surface area contributed by atoms with Gasteiger partial charge in [-0.05, 0) is 11.1 Å². The normalized spacial score (nSPS) is 13.6. The molecule has 0 radical (unpaired) electrons. The zero-order valence-electron chi connectivity index (χ0n) is 9.63. The second kappa shape index (κ2) is 4.05. The molecule has 1 aromatic carbocycles. The average molecular weight is 227 g/mol. The van der Waals surface area contributed by atoms with E-state index in [-0.39, 0.29) is 0 Å². The van der Waals surface area contributed by atoms with Gasteiger partial charge < -0.3 is 9.64 Å². The molecule has 2 aromatic rings. The highest BCUT2D eigenvalue weighted by atomic mass is 16.5. The van der Waals surface area contributed by atoms with E-state index in [1.54, 1.807) is 7.11 Å². The Bertz CT molecular complexity index is 517. The number of ether oxygens (including phenoxy) is 1. The first kappa shape index (κ1) is 10.1. The molecule has 0 atom stereocenters. The van der Waals surface area contributed by atoms with Crippen molar-refractivity contribution in [3.8, 4) is 5.88 Å². The summed E-state index contributed by atoms with van der Waals surface area (Å²) >= 11 is 0. The van der Waals surface area contributed by atoms with E-state index in [1.165, 1.54) is 17.5 Å². The van der Waals surface area contributed by atoms with E-state index in [1.807, 2.05) is 6.07 Å². The van der Waals surface area contributed by atoms with Crippen molar-refractivity contribution in [1.82, 2.24) is 9.97 Å². The maximum atomic E-state index is 5.11. The molecule has 4 heteroatoms. The molecule has 0 unspecified atom stereocenters. The van der Waals surface area contributed by atoms with E-state index in [0.717, 1.165) is 18.9 Å². The van der Waals surface area contributed by atoms with E-state index < -0.39 is 0 Å². The van der Waals surface area contributed by atoms with Gasteiger partial charge >= 0.3 is 0 Å². The summed E-state index contributed by atoms with van der Waals surface area (Å²) in [5, 5.41) is 0. The van der Waals surface area contributed by atoms with Crippen molar-refractivity contribution in [1.29, 1.82) is 0 Å². The third kappa shape index (κ3) is 1.82. The van der Waals surface area contributed by atoms with Gasteiger partial charge in [-0.15, -0.1) is 0 Å². The number of methoxy groups -OCH3 is 1. The maximum Gasteiger partial charge on any atom is 0.218 e. The quantitative estimate of drug-likeness (QED) is 0.786. The number of aromatic nitrogens is 2. The second-order valence-electron chi connectivity index (χ2n) is 4.04. The highest BCUT2D eigenvalue weighted by Crippen LogP contribution is 2.27. The Kier molecular flexibility index (Phi) is 2.40. The predicted molar refractivity (Wildman–Crippen MR) is 64.9 cm³/mol. The molecule has 0 bridgehead atoms. The van der Waals surface area contributed by atoms with Crippen LogP contribution in [0, 0.1) is 0 Å². The lowest BCUT2D eigenvalue weighted by atomic mass is 10.1. The van der Waals surface area contributed by atoms with Gasteiger partial charge in [-0.25, -0.2) is 9.97 Å². The first-order chi connectivity index (χ1) is 8.36. The van der Waals surface area contributed by atoms with Gasteiger partial charge in [0, 0.05) is 19.2 Å². The van der Waals surface area contributed by atoms with Crippen molar-refractivity contribution in [2.75, 3.05) is 12.0 Å². The van der Waals surface area contributed by atoms with E-state index in [0.29, 0.717) is 5.88 Å². The van der Waals surface area contributed by atoms with Crippen LogP contribution in [0.1, 0.15) is 11.1 Å². The van der Waals surface area contributed by atoms with Gasteiger partial charge in [-0.2, -0.15) is 0 Å². The van der Waals surface area contributed by atoms with E-state index in [2.05, 4.69) is 39.1 Å². The summed E-state index contributed by atoms with van der Waals surface area (Å²) in [7, 11) is 1.62. The highest BCUT2D eigenvalue weighted by molar-refractivity contribution is 5.48. The summed E-state index contributed by atoms with van der Waals surface area (Å²) in [6, 6.07) is 10.3. The summed E-state index contributed by atoms with van der Waals surface area (Å²) in [6.45, 7) is 1.80. The molecule has 0 aliphatic carbocycles. The van der Waals surface area contributed by atoms with E-state index in [9.17, 15) is 0 Å². The van der Waals surface area contributed by atoms with Crippen LogP contribution in [0.4, 0.5) is 5.82 Å². The molecule has 4 nitrogen and oxygen atoms in total. The first-order valence-electron chi connectivity index (χ1n) is 5.54. The molecule has 0 spiro atoms. The summed E-state index contributed by atoms with van der Waals surface area (Å²) in [4.78, 5) is 10.5. The average Bonchev–Trinajstić information content (AvgIpc) is 2.82. The van der Waals surface area contributed by atoms with E-state index >= 15 is 0 Å². The van der Waals surface area contributed by atoms with E-state index in [4.69, 9.17) is 4.74 Å². The number of nitrogens with zero attached hydrogens (tertiary/aromatic N) is 3. The van der Waals surface area contributed by atoms with Gasteiger partial charge in [0.2, 0.25) is 5.88 Å². The zero-order valence-corrected chi connectivity index (χ0v) is 9.63. The monoisotopic (exact) mass is 227 g/mol. The number of hydrogen-bond donors (Lipinski definition) is 0. The first-order valence-corrected chi connectivity index (χ1v) is 5.54. The standard InChI is InChI=1S/C13H13N3O/c1-17-13-6-12(14-9-15-13)16-7-10-4-2-3-5-11(10)8-16/h2-6,9H,7-8H2,1H3. The van der Waals surface area contributed by atoms with Gasteiger partial charge in [-0.3, -0.25) is 0 Å². The number of fused-ring (bicyclic) bond motifs is 1. The molecule has 0 saturated carbocycles. The second-order valence-corrected chi connectivity index (χ2v) is 4.04. The van der Waals surface area contributed by atoms with Crippen LogP contribution in [0.25, 0.3) is 0 Å². The van der Waals surface area contributed by atoms with Crippen molar-refractivity contribution in [2.24, 2.45) is 0 Å². The fourth-order valence-corrected chi connectivity index (χ4v) is 2.11. The van der Waals surface area contributed by atoms with Crippen LogP contribution in [0.3, 0.4) is 0 Å². The van der Waals surface area contributed by atoms with Crippen molar-refractivity contribution in [2.45, 2.75) is 13.1 Å². The molecule has 1 aliphatic heterocycles. The number of hydrogen-bond acceptors (Lipinski definition) is 4. The third-order valence-corrected chi connectivity index (χ3v) is 3.00. The summed E-state index contributed by atoms with van der Waals surface area (Å²) < 4.78 is 5.11. The third-order valence-electron chi connectivity index (χ3n) is 3.00. The fourth-order valence-electron chi connectivity index (χ4n) is 2.11. The fraction of sp³-hybridized carbons (Fsp3) is 0.231. The van der Waals surface area contributed by atoms with Crippen molar-refractivity contribution >= 4 is 5.82 Å². The molecule has 0 saturated heterocycles. The molecule has 1 aromatic heterocycles. The number of benzene rings is 1. The van der Waals surface area contributed by atoms with Crippen LogP contribution >= 0.6 is 0 Å². The van der Waals surface area contributed by atoms with Gasteiger partial charge in [0.05, 0.1) is 7.11 Å². The Morgan fingerprint density at radius 2 is 1.82 bits per heavy atom. The zero-order chi connectivity index (χ0) is 11.7. The SMILES string of the molecule is COc1cc(N2Cc3ccccc3C2)ncn1.